The fourth-order valence-corrected chi connectivity index (χ4v) is 6.59. The Balaban J connectivity index is 1.42. The topological polar surface area (TPSA) is 67.9 Å². The lowest BCUT2D eigenvalue weighted by molar-refractivity contribution is -0.139. The van der Waals surface area contributed by atoms with Gasteiger partial charge in [0.2, 0.25) is 11.8 Å². The first-order valence-electron chi connectivity index (χ1n) is 14.3. The van der Waals surface area contributed by atoms with E-state index in [1.807, 2.05) is 36.1 Å². The third-order valence-corrected chi connectivity index (χ3v) is 8.93. The molecule has 0 saturated carbocycles. The lowest BCUT2D eigenvalue weighted by Crippen LogP contribution is -2.63. The van der Waals surface area contributed by atoms with Gasteiger partial charge >= 0.3 is 0 Å². The minimum Gasteiger partial charge on any atom is -0.344 e. The summed E-state index contributed by atoms with van der Waals surface area (Å²) in [5, 5.41) is 7.09. The molecule has 2 fully saturated rings. The largest absolute Gasteiger partial charge is 0.344 e. The van der Waals surface area contributed by atoms with Crippen LogP contribution in [0.25, 0.3) is 0 Å². The number of halogens is 1. The molecule has 210 valence electrons. The summed E-state index contributed by atoms with van der Waals surface area (Å²) in [5.74, 6) is 0.566. The quantitative estimate of drug-likeness (QED) is 0.468. The predicted molar refractivity (Wildman–Crippen MR) is 154 cm³/mol. The highest BCUT2D eigenvalue weighted by molar-refractivity contribution is 6.30. The number of benzene rings is 1. The van der Waals surface area contributed by atoms with Gasteiger partial charge < -0.3 is 20.4 Å². The Kier molecular flexibility index (Phi) is 9.90. The minimum atomic E-state index is -0.589. The van der Waals surface area contributed by atoms with Gasteiger partial charge in [0.25, 0.3) is 0 Å². The van der Waals surface area contributed by atoms with Crippen molar-refractivity contribution >= 4 is 23.4 Å². The van der Waals surface area contributed by atoms with E-state index < -0.39 is 6.04 Å². The first-order valence-corrected chi connectivity index (χ1v) is 14.7. The van der Waals surface area contributed by atoms with Gasteiger partial charge in [-0.3, -0.25) is 14.5 Å². The number of carbonyl (C=O) groups is 2. The maximum absolute atomic E-state index is 13.8. The van der Waals surface area contributed by atoms with Gasteiger partial charge in [-0.2, -0.15) is 0 Å². The average Bonchev–Trinajstić information content (AvgIpc) is 3.29. The molecule has 7 nitrogen and oxygen atoms in total. The van der Waals surface area contributed by atoms with Crippen molar-refractivity contribution < 1.29 is 9.59 Å². The molecule has 0 aliphatic carbocycles. The first-order chi connectivity index (χ1) is 18.1. The number of nitrogens with zero attached hydrogens (tertiary/aromatic N) is 3. The summed E-state index contributed by atoms with van der Waals surface area (Å²) in [4.78, 5) is 33.9. The summed E-state index contributed by atoms with van der Waals surface area (Å²) in [6, 6.07) is 7.00. The zero-order valence-electron chi connectivity index (χ0n) is 23.6. The second kappa shape index (κ2) is 12.9. The third-order valence-electron chi connectivity index (χ3n) is 8.68. The molecule has 1 aromatic carbocycles. The maximum atomic E-state index is 13.8. The van der Waals surface area contributed by atoms with Crippen molar-refractivity contribution in [1.82, 2.24) is 25.3 Å². The van der Waals surface area contributed by atoms with Crippen LogP contribution in [0.15, 0.2) is 35.9 Å². The van der Waals surface area contributed by atoms with E-state index in [0.29, 0.717) is 36.9 Å². The minimum absolute atomic E-state index is 0.0147. The molecular formula is C30H46ClN5O2. The monoisotopic (exact) mass is 543 g/mol. The van der Waals surface area contributed by atoms with Gasteiger partial charge in [0, 0.05) is 62.2 Å². The number of hydrogen-bond acceptors (Lipinski definition) is 5. The second-order valence-electron chi connectivity index (χ2n) is 12.0. The number of piperidine rings is 1. The Labute approximate surface area is 233 Å². The fraction of sp³-hybridized carbons (Fsp3) is 0.667. The molecule has 0 aromatic heterocycles. The number of piperazine rings is 1. The Bertz CT molecular complexity index is 979. The lowest BCUT2D eigenvalue weighted by Gasteiger charge is -2.52. The van der Waals surface area contributed by atoms with Crippen LogP contribution in [0.4, 0.5) is 0 Å². The molecule has 2 amide bonds. The van der Waals surface area contributed by atoms with Crippen LogP contribution < -0.4 is 10.6 Å². The molecule has 2 N–H and O–H groups in total. The summed E-state index contributed by atoms with van der Waals surface area (Å²) in [6.07, 6.45) is 6.49. The summed E-state index contributed by atoms with van der Waals surface area (Å²) >= 11 is 6.09. The summed E-state index contributed by atoms with van der Waals surface area (Å²) in [5.41, 5.74) is 2.40. The number of likely N-dealkylation sites (tertiary alicyclic amines) is 1. The fourth-order valence-electron chi connectivity index (χ4n) is 6.46. The smallest absolute Gasteiger partial charge is 0.245 e. The number of amides is 2. The van der Waals surface area contributed by atoms with E-state index in [1.165, 1.54) is 24.8 Å². The number of hydrogen-bond donors (Lipinski definition) is 2. The molecule has 3 heterocycles. The maximum Gasteiger partial charge on any atom is 0.245 e. The van der Waals surface area contributed by atoms with E-state index in [4.69, 9.17) is 11.6 Å². The molecule has 3 aliphatic heterocycles. The van der Waals surface area contributed by atoms with Crippen LogP contribution in [0, 0.1) is 5.92 Å². The normalized spacial score (nSPS) is 23.4. The summed E-state index contributed by atoms with van der Waals surface area (Å²) in [7, 11) is 2.21. The molecule has 4 rings (SSSR count). The molecule has 8 heteroatoms. The van der Waals surface area contributed by atoms with Gasteiger partial charge in [-0.15, -0.1) is 0 Å². The number of nitrogens with one attached hydrogen (secondary N) is 2. The Morgan fingerprint density at radius 2 is 1.74 bits per heavy atom. The van der Waals surface area contributed by atoms with E-state index in [0.717, 1.165) is 38.3 Å². The van der Waals surface area contributed by atoms with Crippen molar-refractivity contribution in [2.24, 2.45) is 5.92 Å². The van der Waals surface area contributed by atoms with Crippen LogP contribution in [0.1, 0.15) is 52.0 Å². The van der Waals surface area contributed by atoms with Gasteiger partial charge in [0.05, 0.1) is 0 Å². The van der Waals surface area contributed by atoms with E-state index in [9.17, 15) is 9.59 Å². The average molecular weight is 544 g/mol. The van der Waals surface area contributed by atoms with Crippen LogP contribution in [0.2, 0.25) is 5.02 Å². The van der Waals surface area contributed by atoms with Crippen molar-refractivity contribution in [3.63, 3.8) is 0 Å². The molecule has 38 heavy (non-hydrogen) atoms. The van der Waals surface area contributed by atoms with Gasteiger partial charge in [-0.25, -0.2) is 0 Å². The van der Waals surface area contributed by atoms with Crippen LogP contribution in [0.3, 0.4) is 0 Å². The number of rotatable bonds is 9. The molecule has 2 saturated heterocycles. The molecular weight excluding hydrogens is 498 g/mol. The van der Waals surface area contributed by atoms with Gasteiger partial charge in [0.15, 0.2) is 0 Å². The van der Waals surface area contributed by atoms with Gasteiger partial charge in [-0.1, -0.05) is 49.2 Å². The Morgan fingerprint density at radius 1 is 1.08 bits per heavy atom. The Morgan fingerprint density at radius 3 is 2.32 bits per heavy atom. The predicted octanol–water partition coefficient (Wildman–Crippen LogP) is 3.33. The molecule has 3 aliphatic rings. The third kappa shape index (κ3) is 7.38. The van der Waals surface area contributed by atoms with Crippen molar-refractivity contribution in [2.45, 2.75) is 70.5 Å². The number of carbonyl (C=O) groups excluding carboxylic acids is 2. The summed E-state index contributed by atoms with van der Waals surface area (Å²) in [6.45, 7) is 12.9. The van der Waals surface area contributed by atoms with Crippen LogP contribution in [0.5, 0.6) is 0 Å². The standard InChI is InChI=1S/C30H46ClN5O2/c1-22(2)21-30(10-13-34(4)14-11-30)36-17-15-35(16-18-36)29(38)27(19-24-5-7-25(31)8-6-24)33-28(37)20-26-23(3)9-12-32-26/h5-9,22,26-27,32H,10-21H2,1-4H3,(H,33,37). The van der Waals surface area contributed by atoms with Crippen molar-refractivity contribution in [1.29, 1.82) is 0 Å². The van der Waals surface area contributed by atoms with E-state index in [2.05, 4.69) is 47.4 Å². The summed E-state index contributed by atoms with van der Waals surface area (Å²) < 4.78 is 0. The first kappa shape index (κ1) is 29.1. The van der Waals surface area contributed by atoms with Gasteiger partial charge in [-0.05, 0) is 69.9 Å². The van der Waals surface area contributed by atoms with Crippen LogP contribution in [-0.2, 0) is 16.0 Å². The molecule has 0 bridgehead atoms. The molecule has 2 atom stereocenters. The van der Waals surface area contributed by atoms with Crippen LogP contribution in [-0.4, -0.2) is 97.0 Å². The SMILES string of the molecule is CC1=CCNC1CC(=O)NC(Cc1ccc(Cl)cc1)C(=O)N1CCN(C2(CC(C)C)CCN(C)CC2)CC1. The zero-order valence-corrected chi connectivity index (χ0v) is 24.4. The molecule has 2 unspecified atom stereocenters. The lowest BCUT2D eigenvalue weighted by atomic mass is 9.78. The molecule has 1 aromatic rings. The van der Waals surface area contributed by atoms with E-state index in [1.54, 1.807) is 0 Å². The van der Waals surface area contributed by atoms with Crippen molar-refractivity contribution in [3.8, 4) is 0 Å². The van der Waals surface area contributed by atoms with Gasteiger partial charge in [0.1, 0.15) is 6.04 Å². The Hall–Kier alpha value is -1.93. The molecule has 0 spiro atoms. The zero-order chi connectivity index (χ0) is 27.3. The highest BCUT2D eigenvalue weighted by Gasteiger charge is 2.41. The van der Waals surface area contributed by atoms with Crippen molar-refractivity contribution in [2.75, 3.05) is 52.9 Å². The van der Waals surface area contributed by atoms with E-state index in [-0.39, 0.29) is 23.4 Å². The van der Waals surface area contributed by atoms with E-state index >= 15 is 0 Å². The highest BCUT2D eigenvalue weighted by Crippen LogP contribution is 2.35. The molecule has 0 radical (unpaired) electrons. The highest BCUT2D eigenvalue weighted by atomic mass is 35.5. The van der Waals surface area contributed by atoms with Crippen molar-refractivity contribution in [3.05, 3.63) is 46.5 Å². The second-order valence-corrected chi connectivity index (χ2v) is 12.4. The van der Waals surface area contributed by atoms with Crippen LogP contribution >= 0.6 is 11.6 Å².